The molecule has 6 heteroatoms. The smallest absolute Gasteiger partial charge is 0.237 e. The molecule has 0 saturated heterocycles. The standard InChI is InChI=1S/C10H19N5O/c1-7(2)13-10(16)8(3)11-5-9-14-12-6-15(9)4/h6-8,11H,5H2,1-4H3,(H,13,16). The van der Waals surface area contributed by atoms with Crippen LogP contribution in [0, 0.1) is 0 Å². The molecule has 1 rings (SSSR count). The average Bonchev–Trinajstić information content (AvgIpc) is 2.59. The number of carbonyl (C=O) groups excluding carboxylic acids is 1. The van der Waals surface area contributed by atoms with E-state index in [0.29, 0.717) is 6.54 Å². The number of hydrogen-bond donors (Lipinski definition) is 2. The topological polar surface area (TPSA) is 71.8 Å². The Kier molecular flexibility index (Phi) is 4.42. The molecule has 1 amide bonds. The van der Waals surface area contributed by atoms with Crippen molar-refractivity contribution in [3.63, 3.8) is 0 Å². The van der Waals surface area contributed by atoms with Crippen LogP contribution in [-0.4, -0.2) is 32.8 Å². The van der Waals surface area contributed by atoms with Crippen LogP contribution in [0.2, 0.25) is 0 Å². The molecule has 0 radical (unpaired) electrons. The first kappa shape index (κ1) is 12.6. The molecule has 1 heterocycles. The highest BCUT2D eigenvalue weighted by molar-refractivity contribution is 5.81. The van der Waals surface area contributed by atoms with Crippen LogP contribution in [0.4, 0.5) is 0 Å². The van der Waals surface area contributed by atoms with Gasteiger partial charge >= 0.3 is 0 Å². The highest BCUT2D eigenvalue weighted by Crippen LogP contribution is 1.92. The van der Waals surface area contributed by atoms with E-state index in [0.717, 1.165) is 5.82 Å². The summed E-state index contributed by atoms with van der Waals surface area (Å²) >= 11 is 0. The van der Waals surface area contributed by atoms with Crippen LogP contribution >= 0.6 is 0 Å². The van der Waals surface area contributed by atoms with Crippen LogP contribution in [0.3, 0.4) is 0 Å². The van der Waals surface area contributed by atoms with E-state index in [2.05, 4.69) is 20.8 Å². The van der Waals surface area contributed by atoms with E-state index in [4.69, 9.17) is 0 Å². The van der Waals surface area contributed by atoms with E-state index in [1.54, 1.807) is 6.33 Å². The van der Waals surface area contributed by atoms with Crippen LogP contribution in [0.1, 0.15) is 26.6 Å². The first-order valence-corrected chi connectivity index (χ1v) is 5.37. The van der Waals surface area contributed by atoms with Crippen molar-refractivity contribution in [2.75, 3.05) is 0 Å². The zero-order chi connectivity index (χ0) is 12.1. The maximum atomic E-state index is 11.6. The molecular formula is C10H19N5O. The van der Waals surface area contributed by atoms with Gasteiger partial charge < -0.3 is 9.88 Å². The van der Waals surface area contributed by atoms with E-state index in [1.165, 1.54) is 0 Å². The van der Waals surface area contributed by atoms with Crippen molar-refractivity contribution in [1.82, 2.24) is 25.4 Å². The third-order valence-electron chi connectivity index (χ3n) is 2.20. The maximum absolute atomic E-state index is 11.6. The molecule has 2 N–H and O–H groups in total. The van der Waals surface area contributed by atoms with Gasteiger partial charge in [-0.15, -0.1) is 10.2 Å². The summed E-state index contributed by atoms with van der Waals surface area (Å²) in [5.41, 5.74) is 0. The van der Waals surface area contributed by atoms with E-state index in [1.807, 2.05) is 32.4 Å². The predicted molar refractivity (Wildman–Crippen MR) is 60.6 cm³/mol. The second-order valence-electron chi connectivity index (χ2n) is 4.12. The van der Waals surface area contributed by atoms with Gasteiger partial charge in [-0.2, -0.15) is 0 Å². The second kappa shape index (κ2) is 5.60. The summed E-state index contributed by atoms with van der Waals surface area (Å²) < 4.78 is 1.82. The van der Waals surface area contributed by atoms with Gasteiger partial charge in [0.15, 0.2) is 0 Å². The third kappa shape index (κ3) is 3.62. The third-order valence-corrected chi connectivity index (χ3v) is 2.20. The van der Waals surface area contributed by atoms with Crippen molar-refractivity contribution in [2.45, 2.75) is 39.4 Å². The number of aromatic nitrogens is 3. The summed E-state index contributed by atoms with van der Waals surface area (Å²) in [4.78, 5) is 11.6. The minimum Gasteiger partial charge on any atom is -0.353 e. The van der Waals surface area contributed by atoms with E-state index in [-0.39, 0.29) is 18.0 Å². The lowest BCUT2D eigenvalue weighted by molar-refractivity contribution is -0.123. The average molecular weight is 225 g/mol. The van der Waals surface area contributed by atoms with E-state index in [9.17, 15) is 4.79 Å². The Labute approximate surface area is 95.4 Å². The summed E-state index contributed by atoms with van der Waals surface area (Å²) in [6.07, 6.45) is 1.63. The van der Waals surface area contributed by atoms with Gasteiger partial charge in [0.05, 0.1) is 12.6 Å². The lowest BCUT2D eigenvalue weighted by Gasteiger charge is -2.15. The van der Waals surface area contributed by atoms with Gasteiger partial charge in [-0.05, 0) is 20.8 Å². The SMILES string of the molecule is CC(C)NC(=O)C(C)NCc1nncn1C. The highest BCUT2D eigenvalue weighted by Gasteiger charge is 2.13. The van der Waals surface area contributed by atoms with Crippen LogP contribution in [0.15, 0.2) is 6.33 Å². The summed E-state index contributed by atoms with van der Waals surface area (Å²) in [6, 6.07) is -0.0781. The van der Waals surface area contributed by atoms with Gasteiger partial charge in [-0.25, -0.2) is 0 Å². The van der Waals surface area contributed by atoms with Gasteiger partial charge in [0.25, 0.3) is 0 Å². The Morgan fingerprint density at radius 3 is 2.69 bits per heavy atom. The summed E-state index contributed by atoms with van der Waals surface area (Å²) in [7, 11) is 1.87. The van der Waals surface area contributed by atoms with Crippen molar-refractivity contribution in [3.8, 4) is 0 Å². The molecule has 0 aliphatic carbocycles. The van der Waals surface area contributed by atoms with E-state index >= 15 is 0 Å². The molecule has 0 fully saturated rings. The number of carbonyl (C=O) groups is 1. The van der Waals surface area contributed by atoms with Gasteiger partial charge in [0.1, 0.15) is 12.2 Å². The molecule has 0 aliphatic rings. The maximum Gasteiger partial charge on any atom is 0.237 e. The zero-order valence-electron chi connectivity index (χ0n) is 10.2. The van der Waals surface area contributed by atoms with Crippen LogP contribution < -0.4 is 10.6 Å². The van der Waals surface area contributed by atoms with Crippen molar-refractivity contribution < 1.29 is 4.79 Å². The normalized spacial score (nSPS) is 12.8. The van der Waals surface area contributed by atoms with Crippen molar-refractivity contribution in [2.24, 2.45) is 7.05 Å². The highest BCUT2D eigenvalue weighted by atomic mass is 16.2. The zero-order valence-corrected chi connectivity index (χ0v) is 10.2. The molecule has 1 atom stereocenters. The monoisotopic (exact) mass is 225 g/mol. The van der Waals surface area contributed by atoms with Gasteiger partial charge in [0.2, 0.25) is 5.91 Å². The lowest BCUT2D eigenvalue weighted by atomic mass is 10.3. The molecular weight excluding hydrogens is 206 g/mol. The molecule has 16 heavy (non-hydrogen) atoms. The van der Waals surface area contributed by atoms with Crippen LogP contribution in [0.5, 0.6) is 0 Å². The van der Waals surface area contributed by atoms with Gasteiger partial charge in [0, 0.05) is 13.1 Å². The Morgan fingerprint density at radius 1 is 1.50 bits per heavy atom. The molecule has 90 valence electrons. The fourth-order valence-electron chi connectivity index (χ4n) is 1.21. The van der Waals surface area contributed by atoms with Crippen LogP contribution in [0.25, 0.3) is 0 Å². The largest absolute Gasteiger partial charge is 0.353 e. The second-order valence-corrected chi connectivity index (χ2v) is 4.12. The predicted octanol–water partition coefficient (Wildman–Crippen LogP) is -0.182. The first-order chi connectivity index (χ1) is 7.50. The molecule has 0 spiro atoms. The Bertz CT molecular complexity index is 347. The number of nitrogens with zero attached hydrogens (tertiary/aromatic N) is 3. The number of amides is 1. The van der Waals surface area contributed by atoms with Crippen molar-refractivity contribution in [1.29, 1.82) is 0 Å². The molecule has 0 aromatic carbocycles. The van der Waals surface area contributed by atoms with Crippen molar-refractivity contribution in [3.05, 3.63) is 12.2 Å². The Balaban J connectivity index is 2.38. The van der Waals surface area contributed by atoms with Gasteiger partial charge in [-0.3, -0.25) is 10.1 Å². The summed E-state index contributed by atoms with van der Waals surface area (Å²) in [5.74, 6) is 0.807. The quantitative estimate of drug-likeness (QED) is 0.729. The molecule has 1 aromatic heterocycles. The Morgan fingerprint density at radius 2 is 2.19 bits per heavy atom. The number of rotatable bonds is 5. The fourth-order valence-corrected chi connectivity index (χ4v) is 1.21. The summed E-state index contributed by atoms with van der Waals surface area (Å²) in [5, 5.41) is 13.6. The number of aryl methyl sites for hydroxylation is 1. The molecule has 0 aliphatic heterocycles. The van der Waals surface area contributed by atoms with Gasteiger partial charge in [-0.1, -0.05) is 0 Å². The number of hydrogen-bond acceptors (Lipinski definition) is 4. The first-order valence-electron chi connectivity index (χ1n) is 5.37. The number of nitrogens with one attached hydrogen (secondary N) is 2. The minimum atomic E-state index is -0.237. The minimum absolute atomic E-state index is 0.00262. The fraction of sp³-hybridized carbons (Fsp3) is 0.700. The van der Waals surface area contributed by atoms with E-state index < -0.39 is 0 Å². The van der Waals surface area contributed by atoms with Crippen molar-refractivity contribution >= 4 is 5.91 Å². The lowest BCUT2D eigenvalue weighted by Crippen LogP contribution is -2.44. The molecule has 1 aromatic rings. The van der Waals surface area contributed by atoms with Crippen LogP contribution in [-0.2, 0) is 18.4 Å². The summed E-state index contributed by atoms with van der Waals surface area (Å²) in [6.45, 7) is 6.23. The molecule has 1 unspecified atom stereocenters. The molecule has 0 saturated carbocycles. The Hall–Kier alpha value is -1.43. The molecule has 6 nitrogen and oxygen atoms in total. The molecule has 0 bridgehead atoms.